The second-order valence-corrected chi connectivity index (χ2v) is 6.65. The van der Waals surface area contributed by atoms with Gasteiger partial charge in [-0.05, 0) is 38.0 Å². The third kappa shape index (κ3) is 3.35. The first-order chi connectivity index (χ1) is 11.4. The first kappa shape index (κ1) is 16.3. The summed E-state index contributed by atoms with van der Waals surface area (Å²) in [6, 6.07) is 7.68. The van der Waals surface area contributed by atoms with Gasteiger partial charge in [-0.1, -0.05) is 30.0 Å². The number of aryl methyl sites for hydroxylation is 3. The van der Waals surface area contributed by atoms with Crippen molar-refractivity contribution in [1.82, 2.24) is 15.0 Å². The standard InChI is InChI=1S/C17H18N4O2S/c1-9-5-4-6-10(2)14(9)20-13(22)8-24-17-19-12-7-11(3)18-15(12)16(23)21-17/h4-7,18H,8H2,1-3H3,(H,20,22)(H,19,21,23). The Morgan fingerprint density at radius 3 is 2.62 bits per heavy atom. The third-order valence-electron chi connectivity index (χ3n) is 3.69. The number of amides is 1. The van der Waals surface area contributed by atoms with Gasteiger partial charge in [0.15, 0.2) is 5.16 Å². The van der Waals surface area contributed by atoms with Gasteiger partial charge in [-0.25, -0.2) is 4.98 Å². The Labute approximate surface area is 143 Å². The number of benzene rings is 1. The van der Waals surface area contributed by atoms with Crippen molar-refractivity contribution in [3.63, 3.8) is 0 Å². The first-order valence-corrected chi connectivity index (χ1v) is 8.51. The van der Waals surface area contributed by atoms with Gasteiger partial charge in [0.25, 0.3) is 5.56 Å². The van der Waals surface area contributed by atoms with Crippen LogP contribution in [0, 0.1) is 20.8 Å². The monoisotopic (exact) mass is 342 g/mol. The molecule has 0 aliphatic heterocycles. The smallest absolute Gasteiger partial charge is 0.275 e. The molecule has 3 aromatic rings. The van der Waals surface area contributed by atoms with E-state index in [-0.39, 0.29) is 17.2 Å². The van der Waals surface area contributed by atoms with Crippen LogP contribution < -0.4 is 10.9 Å². The van der Waals surface area contributed by atoms with E-state index in [0.717, 1.165) is 22.5 Å². The fourth-order valence-corrected chi connectivity index (χ4v) is 3.19. The second kappa shape index (κ2) is 6.52. The number of hydrogen-bond donors (Lipinski definition) is 3. The zero-order chi connectivity index (χ0) is 17.3. The van der Waals surface area contributed by atoms with Gasteiger partial charge in [0.2, 0.25) is 5.91 Å². The van der Waals surface area contributed by atoms with Crippen LogP contribution in [0.4, 0.5) is 5.69 Å². The molecule has 0 saturated heterocycles. The summed E-state index contributed by atoms with van der Waals surface area (Å²) in [5, 5.41) is 3.35. The lowest BCUT2D eigenvalue weighted by Crippen LogP contribution is -2.16. The molecule has 0 atom stereocenters. The molecule has 0 aliphatic carbocycles. The van der Waals surface area contributed by atoms with Gasteiger partial charge in [-0.3, -0.25) is 14.6 Å². The molecule has 3 N–H and O–H groups in total. The highest BCUT2D eigenvalue weighted by Crippen LogP contribution is 2.21. The summed E-state index contributed by atoms with van der Waals surface area (Å²) >= 11 is 1.21. The summed E-state index contributed by atoms with van der Waals surface area (Å²) in [6.07, 6.45) is 0. The highest BCUT2D eigenvalue weighted by molar-refractivity contribution is 7.99. The number of carbonyl (C=O) groups excluding carboxylic acids is 1. The molecule has 124 valence electrons. The number of para-hydroxylation sites is 1. The third-order valence-corrected chi connectivity index (χ3v) is 4.56. The summed E-state index contributed by atoms with van der Waals surface area (Å²) < 4.78 is 0. The van der Waals surface area contributed by atoms with Crippen molar-refractivity contribution in [2.24, 2.45) is 0 Å². The van der Waals surface area contributed by atoms with E-state index in [4.69, 9.17) is 0 Å². The molecule has 6 nitrogen and oxygen atoms in total. The number of nitrogens with zero attached hydrogens (tertiary/aromatic N) is 1. The summed E-state index contributed by atoms with van der Waals surface area (Å²) in [6.45, 7) is 5.78. The number of fused-ring (bicyclic) bond motifs is 1. The van der Waals surface area contributed by atoms with E-state index >= 15 is 0 Å². The maximum atomic E-state index is 12.2. The zero-order valence-corrected chi connectivity index (χ0v) is 14.5. The molecule has 0 fully saturated rings. The van der Waals surface area contributed by atoms with Crippen LogP contribution in [0.5, 0.6) is 0 Å². The molecule has 7 heteroatoms. The predicted octanol–water partition coefficient (Wildman–Crippen LogP) is 2.91. The SMILES string of the molecule is Cc1cc2nc(SCC(=O)Nc3c(C)cccc3C)[nH]c(=O)c2[nH]1. The number of nitrogens with one attached hydrogen (secondary N) is 3. The fourth-order valence-electron chi connectivity index (χ4n) is 2.52. The summed E-state index contributed by atoms with van der Waals surface area (Å²) in [7, 11) is 0. The number of thioether (sulfide) groups is 1. The van der Waals surface area contributed by atoms with Gasteiger partial charge in [-0.15, -0.1) is 0 Å². The van der Waals surface area contributed by atoms with Crippen LogP contribution in [0.2, 0.25) is 0 Å². The highest BCUT2D eigenvalue weighted by Gasteiger charge is 2.11. The van der Waals surface area contributed by atoms with Crippen molar-refractivity contribution >= 4 is 34.4 Å². The molecule has 2 heterocycles. The normalized spacial score (nSPS) is 11.0. The van der Waals surface area contributed by atoms with Crippen LogP contribution in [0.15, 0.2) is 34.2 Å². The Balaban J connectivity index is 1.71. The van der Waals surface area contributed by atoms with Crippen LogP contribution in [-0.4, -0.2) is 26.6 Å². The Hall–Kier alpha value is -2.54. The van der Waals surface area contributed by atoms with Crippen LogP contribution in [0.3, 0.4) is 0 Å². The lowest BCUT2D eigenvalue weighted by atomic mass is 10.1. The number of H-pyrrole nitrogens is 2. The molecule has 0 spiro atoms. The summed E-state index contributed by atoms with van der Waals surface area (Å²) in [5.74, 6) is 0.0384. The molecule has 0 saturated carbocycles. The summed E-state index contributed by atoms with van der Waals surface area (Å²) in [4.78, 5) is 34.2. The van der Waals surface area contributed by atoms with Crippen molar-refractivity contribution in [1.29, 1.82) is 0 Å². The average Bonchev–Trinajstić information content (AvgIpc) is 2.90. The van der Waals surface area contributed by atoms with E-state index in [1.165, 1.54) is 11.8 Å². The number of carbonyl (C=O) groups is 1. The minimum atomic E-state index is -0.231. The minimum Gasteiger partial charge on any atom is -0.353 e. The van der Waals surface area contributed by atoms with Gasteiger partial charge in [0, 0.05) is 11.4 Å². The lowest BCUT2D eigenvalue weighted by Gasteiger charge is -2.11. The predicted molar refractivity (Wildman–Crippen MR) is 96.7 cm³/mol. The van der Waals surface area contributed by atoms with Crippen LogP contribution in [0.25, 0.3) is 11.0 Å². The van der Waals surface area contributed by atoms with Crippen LogP contribution >= 0.6 is 11.8 Å². The second-order valence-electron chi connectivity index (χ2n) is 5.69. The Morgan fingerprint density at radius 1 is 1.21 bits per heavy atom. The van der Waals surface area contributed by atoms with Crippen molar-refractivity contribution in [2.75, 3.05) is 11.1 Å². The van der Waals surface area contributed by atoms with E-state index in [1.807, 2.05) is 45.0 Å². The van der Waals surface area contributed by atoms with Crippen molar-refractivity contribution < 1.29 is 4.79 Å². The van der Waals surface area contributed by atoms with Crippen LogP contribution in [0.1, 0.15) is 16.8 Å². The van der Waals surface area contributed by atoms with Gasteiger partial charge in [-0.2, -0.15) is 0 Å². The quantitative estimate of drug-likeness (QED) is 0.502. The lowest BCUT2D eigenvalue weighted by molar-refractivity contribution is -0.113. The number of rotatable bonds is 4. The zero-order valence-electron chi connectivity index (χ0n) is 13.7. The van der Waals surface area contributed by atoms with Crippen LogP contribution in [-0.2, 0) is 4.79 Å². The first-order valence-electron chi connectivity index (χ1n) is 7.52. The number of aromatic amines is 2. The van der Waals surface area contributed by atoms with E-state index in [1.54, 1.807) is 0 Å². The molecule has 24 heavy (non-hydrogen) atoms. The van der Waals surface area contributed by atoms with E-state index in [9.17, 15) is 9.59 Å². The van der Waals surface area contributed by atoms with E-state index < -0.39 is 0 Å². The molecule has 1 aromatic carbocycles. The molecule has 0 aliphatic rings. The maximum absolute atomic E-state index is 12.2. The van der Waals surface area contributed by atoms with Gasteiger partial charge in [0.05, 0.1) is 11.3 Å². The fraction of sp³-hybridized carbons (Fsp3) is 0.235. The number of hydrogen-bond acceptors (Lipinski definition) is 4. The molecule has 2 aromatic heterocycles. The number of anilines is 1. The molecule has 0 radical (unpaired) electrons. The van der Waals surface area contributed by atoms with Gasteiger partial charge < -0.3 is 10.3 Å². The van der Waals surface area contributed by atoms with E-state index in [2.05, 4.69) is 20.3 Å². The highest BCUT2D eigenvalue weighted by atomic mass is 32.2. The number of aromatic nitrogens is 3. The van der Waals surface area contributed by atoms with Crippen molar-refractivity contribution in [2.45, 2.75) is 25.9 Å². The average molecular weight is 342 g/mol. The van der Waals surface area contributed by atoms with Gasteiger partial charge in [0.1, 0.15) is 5.52 Å². The molecular weight excluding hydrogens is 324 g/mol. The molecular formula is C17H18N4O2S. The molecule has 1 amide bonds. The summed E-state index contributed by atoms with van der Waals surface area (Å²) in [5.41, 5.74) is 4.57. The Morgan fingerprint density at radius 2 is 1.92 bits per heavy atom. The maximum Gasteiger partial charge on any atom is 0.275 e. The largest absolute Gasteiger partial charge is 0.353 e. The Bertz CT molecular complexity index is 954. The molecule has 0 unspecified atom stereocenters. The topological polar surface area (TPSA) is 90.6 Å². The minimum absolute atomic E-state index is 0.134. The molecule has 3 rings (SSSR count). The van der Waals surface area contributed by atoms with Crippen molar-refractivity contribution in [3.8, 4) is 0 Å². The molecule has 0 bridgehead atoms. The Kier molecular flexibility index (Phi) is 4.44. The van der Waals surface area contributed by atoms with E-state index in [0.29, 0.717) is 16.2 Å². The van der Waals surface area contributed by atoms with Gasteiger partial charge >= 0.3 is 0 Å². The van der Waals surface area contributed by atoms with Crippen molar-refractivity contribution in [3.05, 3.63) is 51.4 Å².